The van der Waals surface area contributed by atoms with Gasteiger partial charge in [-0.1, -0.05) is 11.6 Å². The molecule has 0 aliphatic heterocycles. The van der Waals surface area contributed by atoms with E-state index in [4.69, 9.17) is 16.0 Å². The molecule has 0 amide bonds. The fraction of sp³-hybridized carbons (Fsp3) is 0.0556. The first-order chi connectivity index (χ1) is 12.1. The predicted molar refractivity (Wildman–Crippen MR) is 97.5 cm³/mol. The van der Waals surface area contributed by atoms with Crippen molar-refractivity contribution in [3.63, 3.8) is 0 Å². The van der Waals surface area contributed by atoms with Crippen molar-refractivity contribution in [2.24, 2.45) is 0 Å². The smallest absolute Gasteiger partial charge is 0.232 e. The van der Waals surface area contributed by atoms with Crippen LogP contribution in [-0.2, 0) is 4.79 Å². The number of anilines is 1. The van der Waals surface area contributed by atoms with Crippen molar-refractivity contribution >= 4 is 51.3 Å². The lowest BCUT2D eigenvalue weighted by Gasteiger charge is -2.01. The third kappa shape index (κ3) is 2.99. The molecule has 2 N–H and O–H groups in total. The average Bonchev–Trinajstić information content (AvgIpc) is 3.16. The number of aryl methyl sites for hydroxylation is 1. The normalized spacial score (nSPS) is 12.0. The number of aldehydes is 1. The number of allylic oxidation sites excluding steroid dienone is 1. The minimum atomic E-state index is 0.234. The second-order valence-corrected chi connectivity index (χ2v) is 5.98. The van der Waals surface area contributed by atoms with Crippen LogP contribution in [0, 0.1) is 6.92 Å². The number of fused-ring (bicyclic) bond motifs is 2. The summed E-state index contributed by atoms with van der Waals surface area (Å²) in [6.45, 7) is 1.90. The van der Waals surface area contributed by atoms with Gasteiger partial charge in [0.15, 0.2) is 11.9 Å². The molecule has 0 spiro atoms. The molecule has 0 atom stereocenters. The van der Waals surface area contributed by atoms with Gasteiger partial charge in [0.05, 0.1) is 16.6 Å². The Morgan fingerprint density at radius 2 is 2.08 bits per heavy atom. The molecular formula is C18H13ClN4O2. The number of carbonyl (C=O) groups is 1. The predicted octanol–water partition coefficient (Wildman–Crippen LogP) is 4.32. The number of H-pyrrole nitrogens is 1. The van der Waals surface area contributed by atoms with Crippen molar-refractivity contribution in [1.82, 2.24) is 15.0 Å². The van der Waals surface area contributed by atoms with Crippen molar-refractivity contribution in [2.45, 2.75) is 6.92 Å². The summed E-state index contributed by atoms with van der Waals surface area (Å²) in [7, 11) is 0. The highest BCUT2D eigenvalue weighted by Crippen LogP contribution is 2.23. The van der Waals surface area contributed by atoms with Crippen LogP contribution in [-0.4, -0.2) is 21.2 Å². The van der Waals surface area contributed by atoms with Gasteiger partial charge in [0, 0.05) is 16.9 Å². The summed E-state index contributed by atoms with van der Waals surface area (Å²) in [5.74, 6) is 1.08. The second kappa shape index (κ2) is 6.07. The Hall–Kier alpha value is -3.12. The van der Waals surface area contributed by atoms with Crippen LogP contribution in [0.3, 0.4) is 0 Å². The summed E-state index contributed by atoms with van der Waals surface area (Å²) < 4.78 is 5.61. The van der Waals surface area contributed by atoms with Crippen LogP contribution in [0.1, 0.15) is 11.7 Å². The van der Waals surface area contributed by atoms with E-state index in [0.717, 1.165) is 22.5 Å². The molecule has 25 heavy (non-hydrogen) atoms. The van der Waals surface area contributed by atoms with Gasteiger partial charge in [-0.3, -0.25) is 4.79 Å². The largest absolute Gasteiger partial charge is 0.436 e. The van der Waals surface area contributed by atoms with Gasteiger partial charge in [-0.25, -0.2) is 9.97 Å². The number of hydrogen-bond donors (Lipinski definition) is 2. The average molecular weight is 353 g/mol. The summed E-state index contributed by atoms with van der Waals surface area (Å²) in [5.41, 5.74) is 4.09. The van der Waals surface area contributed by atoms with Crippen LogP contribution >= 0.6 is 11.6 Å². The van der Waals surface area contributed by atoms with E-state index in [-0.39, 0.29) is 5.89 Å². The first kappa shape index (κ1) is 15.4. The zero-order chi connectivity index (χ0) is 17.4. The monoisotopic (exact) mass is 352 g/mol. The number of carbonyl (C=O) groups excluding carboxylic acids is 1. The fourth-order valence-electron chi connectivity index (χ4n) is 2.56. The van der Waals surface area contributed by atoms with E-state index in [1.807, 2.05) is 25.1 Å². The third-order valence-corrected chi connectivity index (χ3v) is 3.95. The summed E-state index contributed by atoms with van der Waals surface area (Å²) >= 11 is 5.95. The minimum Gasteiger partial charge on any atom is -0.436 e. The Bertz CT molecular complexity index is 1130. The molecule has 2 aromatic heterocycles. The van der Waals surface area contributed by atoms with Crippen LogP contribution < -0.4 is 5.32 Å². The Balaban J connectivity index is 1.65. The number of imidazole rings is 1. The summed E-state index contributed by atoms with van der Waals surface area (Å²) in [4.78, 5) is 23.3. The zero-order valence-electron chi connectivity index (χ0n) is 13.2. The first-order valence-electron chi connectivity index (χ1n) is 7.57. The van der Waals surface area contributed by atoms with Crippen LogP contribution in [0.2, 0.25) is 5.02 Å². The molecule has 4 aromatic rings. The van der Waals surface area contributed by atoms with Gasteiger partial charge in [-0.2, -0.15) is 0 Å². The van der Waals surface area contributed by atoms with E-state index < -0.39 is 0 Å². The van der Waals surface area contributed by atoms with E-state index in [1.165, 1.54) is 0 Å². The van der Waals surface area contributed by atoms with Gasteiger partial charge in [0.2, 0.25) is 5.89 Å². The van der Waals surface area contributed by atoms with Gasteiger partial charge in [0.25, 0.3) is 0 Å². The molecule has 0 unspecified atom stereocenters. The topological polar surface area (TPSA) is 83.8 Å². The fourth-order valence-corrected chi connectivity index (χ4v) is 2.72. The molecule has 0 aliphatic carbocycles. The number of aromatic amines is 1. The zero-order valence-corrected chi connectivity index (χ0v) is 14.0. The maximum atomic E-state index is 11.4. The van der Waals surface area contributed by atoms with E-state index >= 15 is 0 Å². The van der Waals surface area contributed by atoms with Crippen LogP contribution in [0.5, 0.6) is 0 Å². The van der Waals surface area contributed by atoms with Crippen molar-refractivity contribution in [3.8, 4) is 0 Å². The molecule has 124 valence electrons. The Kier molecular flexibility index (Phi) is 3.74. The second-order valence-electron chi connectivity index (χ2n) is 5.55. The van der Waals surface area contributed by atoms with Crippen LogP contribution in [0.4, 0.5) is 5.69 Å². The highest BCUT2D eigenvalue weighted by Gasteiger charge is 2.11. The minimum absolute atomic E-state index is 0.234. The number of oxazole rings is 1. The third-order valence-electron chi connectivity index (χ3n) is 3.72. The van der Waals surface area contributed by atoms with E-state index in [1.54, 1.807) is 24.4 Å². The molecule has 0 saturated carbocycles. The first-order valence-corrected chi connectivity index (χ1v) is 7.95. The van der Waals surface area contributed by atoms with Crippen molar-refractivity contribution in [2.75, 3.05) is 5.32 Å². The van der Waals surface area contributed by atoms with E-state index in [2.05, 4.69) is 20.3 Å². The molecule has 0 aliphatic rings. The van der Waals surface area contributed by atoms with E-state index in [0.29, 0.717) is 28.0 Å². The summed E-state index contributed by atoms with van der Waals surface area (Å²) in [6.07, 6.45) is 2.25. The maximum absolute atomic E-state index is 11.4. The Labute approximate surface area is 147 Å². The SMILES string of the molecule is Cc1nc2ccc(N/C=C(/C=O)c3nc4cc(Cl)ccc4o3)cc2[nH]1. The molecule has 4 rings (SSSR count). The lowest BCUT2D eigenvalue weighted by molar-refractivity contribution is -0.103. The summed E-state index contributed by atoms with van der Waals surface area (Å²) in [5, 5.41) is 3.64. The van der Waals surface area contributed by atoms with Crippen molar-refractivity contribution < 1.29 is 9.21 Å². The number of rotatable bonds is 4. The molecule has 0 bridgehead atoms. The number of nitrogens with zero attached hydrogens (tertiary/aromatic N) is 2. The molecule has 6 nitrogen and oxygen atoms in total. The van der Waals surface area contributed by atoms with Gasteiger partial charge in [-0.15, -0.1) is 0 Å². The quantitative estimate of drug-likeness (QED) is 0.422. The lowest BCUT2D eigenvalue weighted by Crippen LogP contribution is -1.93. The summed E-state index contributed by atoms with van der Waals surface area (Å²) in [6, 6.07) is 10.8. The van der Waals surface area contributed by atoms with E-state index in [9.17, 15) is 4.79 Å². The molecule has 0 radical (unpaired) electrons. The Morgan fingerprint density at radius 3 is 2.92 bits per heavy atom. The molecule has 0 fully saturated rings. The highest BCUT2D eigenvalue weighted by atomic mass is 35.5. The standard InChI is InChI=1S/C18H13ClN4O2/c1-10-21-14-4-3-13(7-15(14)22-10)20-8-11(9-24)18-23-16-6-12(19)2-5-17(16)25-18/h2-9,20H,1H3,(H,21,22)/b11-8-. The lowest BCUT2D eigenvalue weighted by atomic mass is 10.2. The number of halogens is 1. The van der Waals surface area contributed by atoms with Crippen molar-refractivity contribution in [1.29, 1.82) is 0 Å². The van der Waals surface area contributed by atoms with Crippen molar-refractivity contribution in [3.05, 3.63) is 59.3 Å². The van der Waals surface area contributed by atoms with Crippen LogP contribution in [0.25, 0.3) is 27.7 Å². The molecule has 2 heterocycles. The number of aromatic nitrogens is 3. The molecule has 0 saturated heterocycles. The number of benzene rings is 2. The highest BCUT2D eigenvalue weighted by molar-refractivity contribution is 6.31. The van der Waals surface area contributed by atoms with Gasteiger partial charge < -0.3 is 14.7 Å². The van der Waals surface area contributed by atoms with Gasteiger partial charge >= 0.3 is 0 Å². The maximum Gasteiger partial charge on any atom is 0.232 e. The molecule has 7 heteroatoms. The van der Waals surface area contributed by atoms with Gasteiger partial charge in [-0.05, 0) is 43.3 Å². The number of nitrogens with one attached hydrogen (secondary N) is 2. The Morgan fingerprint density at radius 1 is 1.20 bits per heavy atom. The van der Waals surface area contributed by atoms with Gasteiger partial charge in [0.1, 0.15) is 11.3 Å². The number of hydrogen-bond acceptors (Lipinski definition) is 5. The molecule has 2 aromatic carbocycles. The van der Waals surface area contributed by atoms with Crippen LogP contribution in [0.15, 0.2) is 47.0 Å². The molecular weight excluding hydrogens is 340 g/mol.